The Kier molecular flexibility index (Phi) is 2.55. The zero-order chi connectivity index (χ0) is 10.0. The van der Waals surface area contributed by atoms with E-state index < -0.39 is 12.0 Å². The van der Waals surface area contributed by atoms with Gasteiger partial charge in [-0.2, -0.15) is 0 Å². The first-order valence-corrected chi connectivity index (χ1v) is 3.53. The molecule has 1 aromatic heterocycles. The number of hydrogen-bond acceptors (Lipinski definition) is 2. The molecule has 0 atom stereocenters. The van der Waals surface area contributed by atoms with Crippen molar-refractivity contribution in [3.8, 4) is 0 Å². The van der Waals surface area contributed by atoms with Crippen LogP contribution < -0.4 is 5.56 Å². The highest BCUT2D eigenvalue weighted by atomic mass is 19.3. The van der Waals surface area contributed by atoms with Gasteiger partial charge in [-0.3, -0.25) is 9.59 Å². The molecule has 5 heteroatoms. The molecule has 0 amide bonds. The van der Waals surface area contributed by atoms with Crippen molar-refractivity contribution in [2.45, 2.75) is 13.3 Å². The quantitative estimate of drug-likeness (QED) is 0.712. The lowest BCUT2D eigenvalue weighted by Crippen LogP contribution is -2.14. The fourth-order valence-electron chi connectivity index (χ4n) is 0.970. The Bertz CT molecular complexity index is 384. The number of carbonyl (C=O) groups excluding carboxylic acids is 1. The minimum absolute atomic E-state index is 0.0885. The van der Waals surface area contributed by atoms with Gasteiger partial charge in [-0.25, -0.2) is 8.78 Å². The number of H-pyrrole nitrogens is 1. The number of aldehydes is 1. The second-order valence-electron chi connectivity index (χ2n) is 2.55. The van der Waals surface area contributed by atoms with E-state index in [9.17, 15) is 18.4 Å². The minimum atomic E-state index is -2.68. The highest BCUT2D eigenvalue weighted by Crippen LogP contribution is 2.20. The third-order valence-corrected chi connectivity index (χ3v) is 1.67. The maximum atomic E-state index is 12.2. The first-order valence-electron chi connectivity index (χ1n) is 3.53. The molecule has 0 bridgehead atoms. The van der Waals surface area contributed by atoms with Crippen molar-refractivity contribution in [2.75, 3.05) is 0 Å². The summed E-state index contributed by atoms with van der Waals surface area (Å²) in [5.41, 5.74) is -1.15. The van der Waals surface area contributed by atoms with Crippen LogP contribution in [0.1, 0.15) is 28.0 Å². The molecule has 1 heterocycles. The molecule has 0 radical (unpaired) electrons. The second kappa shape index (κ2) is 3.47. The minimum Gasteiger partial charge on any atom is -0.325 e. The van der Waals surface area contributed by atoms with Gasteiger partial charge in [0.15, 0.2) is 6.29 Å². The Hall–Kier alpha value is -1.52. The number of aromatic nitrogens is 1. The van der Waals surface area contributed by atoms with Crippen LogP contribution in [0.5, 0.6) is 0 Å². The van der Waals surface area contributed by atoms with Gasteiger partial charge in [0.2, 0.25) is 0 Å². The topological polar surface area (TPSA) is 49.9 Å². The summed E-state index contributed by atoms with van der Waals surface area (Å²) >= 11 is 0. The lowest BCUT2D eigenvalue weighted by atomic mass is 10.1. The lowest BCUT2D eigenvalue weighted by molar-refractivity contribution is 0.112. The van der Waals surface area contributed by atoms with Crippen molar-refractivity contribution in [1.82, 2.24) is 4.98 Å². The molecule has 0 saturated heterocycles. The molecule has 13 heavy (non-hydrogen) atoms. The summed E-state index contributed by atoms with van der Waals surface area (Å²) in [6.07, 6.45) is -2.43. The molecule has 1 N–H and O–H groups in total. The van der Waals surface area contributed by atoms with Gasteiger partial charge in [0.25, 0.3) is 12.0 Å². The van der Waals surface area contributed by atoms with Crippen LogP contribution in [0.3, 0.4) is 0 Å². The SMILES string of the molecule is Cc1[nH]c(=O)c(C=O)cc1C(F)F. The predicted octanol–water partition coefficient (Wildman–Crippen LogP) is 1.43. The highest BCUT2D eigenvalue weighted by molar-refractivity contribution is 5.74. The number of alkyl halides is 2. The summed E-state index contributed by atoms with van der Waals surface area (Å²) in [6, 6.07) is 0.909. The lowest BCUT2D eigenvalue weighted by Gasteiger charge is -2.03. The number of aromatic amines is 1. The summed E-state index contributed by atoms with van der Waals surface area (Å²) in [5, 5.41) is 0. The number of carbonyl (C=O) groups is 1. The van der Waals surface area contributed by atoms with Crippen molar-refractivity contribution < 1.29 is 13.6 Å². The van der Waals surface area contributed by atoms with Crippen LogP contribution in [0.25, 0.3) is 0 Å². The molecular formula is C8H7F2NO2. The fourth-order valence-corrected chi connectivity index (χ4v) is 0.970. The van der Waals surface area contributed by atoms with Gasteiger partial charge in [-0.05, 0) is 13.0 Å². The number of pyridine rings is 1. The molecule has 0 saturated carbocycles. The number of aryl methyl sites for hydroxylation is 1. The summed E-state index contributed by atoms with van der Waals surface area (Å²) in [6.45, 7) is 1.36. The van der Waals surface area contributed by atoms with Crippen molar-refractivity contribution in [3.05, 3.63) is 33.2 Å². The van der Waals surface area contributed by atoms with E-state index in [1.807, 2.05) is 0 Å². The molecule has 1 rings (SSSR count). The van der Waals surface area contributed by atoms with Gasteiger partial charge in [0.1, 0.15) is 0 Å². The fraction of sp³-hybridized carbons (Fsp3) is 0.250. The molecule has 0 aliphatic heterocycles. The zero-order valence-electron chi connectivity index (χ0n) is 6.80. The molecule has 0 aliphatic rings. The monoisotopic (exact) mass is 187 g/mol. The number of rotatable bonds is 2. The molecule has 0 aliphatic carbocycles. The van der Waals surface area contributed by atoms with Crippen LogP contribution in [0, 0.1) is 6.92 Å². The Labute approximate surface area is 72.4 Å². The van der Waals surface area contributed by atoms with Gasteiger partial charge in [0, 0.05) is 11.3 Å². The third-order valence-electron chi connectivity index (χ3n) is 1.67. The summed E-state index contributed by atoms with van der Waals surface area (Å²) in [4.78, 5) is 23.3. The van der Waals surface area contributed by atoms with Crippen LogP contribution in [0.4, 0.5) is 8.78 Å². The second-order valence-corrected chi connectivity index (χ2v) is 2.55. The molecule has 0 spiro atoms. The van der Waals surface area contributed by atoms with Crippen LogP contribution in [-0.4, -0.2) is 11.3 Å². The molecule has 0 unspecified atom stereocenters. The first-order chi connectivity index (χ1) is 6.06. The summed E-state index contributed by atoms with van der Waals surface area (Å²) < 4.78 is 24.5. The van der Waals surface area contributed by atoms with Crippen molar-refractivity contribution in [1.29, 1.82) is 0 Å². The Morgan fingerprint density at radius 1 is 1.54 bits per heavy atom. The van der Waals surface area contributed by atoms with E-state index in [0.29, 0.717) is 0 Å². The Morgan fingerprint density at radius 2 is 2.15 bits per heavy atom. The standard InChI is InChI=1S/C8H7F2NO2/c1-4-6(7(9)10)2-5(3-12)8(13)11-4/h2-3,7H,1H3,(H,11,13). The van der Waals surface area contributed by atoms with E-state index in [1.54, 1.807) is 0 Å². The molecule has 1 aromatic rings. The Balaban J connectivity index is 3.39. The third kappa shape index (κ3) is 1.80. The number of hydrogen-bond donors (Lipinski definition) is 1. The average molecular weight is 187 g/mol. The van der Waals surface area contributed by atoms with E-state index in [4.69, 9.17) is 0 Å². The number of nitrogens with one attached hydrogen (secondary N) is 1. The highest BCUT2D eigenvalue weighted by Gasteiger charge is 2.13. The normalized spacial score (nSPS) is 10.5. The smallest absolute Gasteiger partial charge is 0.265 e. The average Bonchev–Trinajstić information content (AvgIpc) is 2.03. The molecular weight excluding hydrogens is 180 g/mol. The molecule has 0 aromatic carbocycles. The zero-order valence-corrected chi connectivity index (χ0v) is 6.80. The molecule has 0 fully saturated rings. The van der Waals surface area contributed by atoms with E-state index in [1.165, 1.54) is 6.92 Å². The maximum absolute atomic E-state index is 12.2. The van der Waals surface area contributed by atoms with Gasteiger partial charge in [0.05, 0.1) is 5.56 Å². The van der Waals surface area contributed by atoms with Crippen LogP contribution >= 0.6 is 0 Å². The Morgan fingerprint density at radius 3 is 2.62 bits per heavy atom. The summed E-state index contributed by atoms with van der Waals surface area (Å²) in [5.74, 6) is 0. The van der Waals surface area contributed by atoms with Crippen molar-refractivity contribution in [2.24, 2.45) is 0 Å². The largest absolute Gasteiger partial charge is 0.325 e. The first kappa shape index (κ1) is 9.57. The van der Waals surface area contributed by atoms with E-state index in [2.05, 4.69) is 4.98 Å². The van der Waals surface area contributed by atoms with E-state index >= 15 is 0 Å². The van der Waals surface area contributed by atoms with Gasteiger partial charge < -0.3 is 4.98 Å². The van der Waals surface area contributed by atoms with Crippen molar-refractivity contribution in [3.63, 3.8) is 0 Å². The molecule has 70 valence electrons. The number of halogens is 2. The van der Waals surface area contributed by atoms with Gasteiger partial charge in [-0.15, -0.1) is 0 Å². The maximum Gasteiger partial charge on any atom is 0.265 e. The van der Waals surface area contributed by atoms with Crippen LogP contribution in [-0.2, 0) is 0 Å². The van der Waals surface area contributed by atoms with Gasteiger partial charge >= 0.3 is 0 Å². The summed E-state index contributed by atoms with van der Waals surface area (Å²) in [7, 11) is 0. The predicted molar refractivity (Wildman–Crippen MR) is 42.1 cm³/mol. The van der Waals surface area contributed by atoms with Crippen LogP contribution in [0.15, 0.2) is 10.9 Å². The van der Waals surface area contributed by atoms with E-state index in [-0.39, 0.29) is 23.1 Å². The van der Waals surface area contributed by atoms with Crippen LogP contribution in [0.2, 0.25) is 0 Å². The van der Waals surface area contributed by atoms with E-state index in [0.717, 1.165) is 6.07 Å². The molecule has 3 nitrogen and oxygen atoms in total. The van der Waals surface area contributed by atoms with Gasteiger partial charge in [-0.1, -0.05) is 0 Å². The van der Waals surface area contributed by atoms with Crippen molar-refractivity contribution >= 4 is 6.29 Å².